The average molecular weight is 326 g/mol. The molecule has 0 aliphatic rings. The van der Waals surface area contributed by atoms with Crippen molar-refractivity contribution in [2.45, 2.75) is 38.1 Å². The first kappa shape index (κ1) is 14.1. The van der Waals surface area contributed by atoms with Crippen molar-refractivity contribution in [2.24, 2.45) is 0 Å². The zero-order valence-corrected chi connectivity index (χ0v) is 12.5. The van der Waals surface area contributed by atoms with Crippen LogP contribution in [0.4, 0.5) is 0 Å². The summed E-state index contributed by atoms with van der Waals surface area (Å²) in [6.45, 7) is 4.18. The molecule has 0 aliphatic heterocycles. The van der Waals surface area contributed by atoms with Gasteiger partial charge in [0.15, 0.2) is 0 Å². The normalized spacial score (nSPS) is 12.6. The number of alkyl halides is 1. The van der Waals surface area contributed by atoms with Gasteiger partial charge in [-0.1, -0.05) is 52.5 Å². The molecule has 4 heteroatoms. The van der Waals surface area contributed by atoms with Crippen molar-refractivity contribution in [3.63, 3.8) is 0 Å². The fourth-order valence-electron chi connectivity index (χ4n) is 1.51. The molecule has 90 valence electrons. The number of benzene rings is 1. The van der Waals surface area contributed by atoms with Crippen molar-refractivity contribution in [1.82, 2.24) is 0 Å². The molecule has 0 saturated carbocycles. The zero-order chi connectivity index (χ0) is 12.1. The van der Waals surface area contributed by atoms with Crippen LogP contribution in [0.2, 0.25) is 10.0 Å². The molecule has 0 aromatic heterocycles. The molecule has 0 heterocycles. The van der Waals surface area contributed by atoms with Crippen LogP contribution in [0, 0.1) is 0 Å². The van der Waals surface area contributed by atoms with E-state index in [0.717, 1.165) is 24.2 Å². The van der Waals surface area contributed by atoms with Gasteiger partial charge >= 0.3 is 0 Å². The highest BCUT2D eigenvalue weighted by atomic mass is 79.9. The van der Waals surface area contributed by atoms with Gasteiger partial charge in [0.2, 0.25) is 0 Å². The molecule has 0 fully saturated rings. The molecule has 0 spiro atoms. The Bertz CT molecular complexity index is 355. The van der Waals surface area contributed by atoms with Gasteiger partial charge in [-0.25, -0.2) is 0 Å². The maximum absolute atomic E-state index is 6.13. The Morgan fingerprint density at radius 3 is 2.62 bits per heavy atom. The van der Waals surface area contributed by atoms with E-state index in [0.29, 0.717) is 15.4 Å². The van der Waals surface area contributed by atoms with E-state index in [1.54, 1.807) is 6.07 Å². The lowest BCUT2D eigenvalue weighted by molar-refractivity contribution is 0.208. The first-order chi connectivity index (χ1) is 7.58. The average Bonchev–Trinajstić information content (AvgIpc) is 2.22. The van der Waals surface area contributed by atoms with Crippen molar-refractivity contribution in [3.8, 4) is 5.75 Å². The molecular formula is C12H15BrCl2O. The van der Waals surface area contributed by atoms with Crippen molar-refractivity contribution in [1.29, 1.82) is 0 Å². The summed E-state index contributed by atoms with van der Waals surface area (Å²) in [5.74, 6) is 0.740. The van der Waals surface area contributed by atoms with E-state index in [1.165, 1.54) is 0 Å². The standard InChI is InChI=1S/C12H15BrCl2O/c1-3-4-8(2)16-12-9(7-13)5-10(14)6-11(12)15/h5-6,8H,3-4,7H2,1-2H3. The van der Waals surface area contributed by atoms with Gasteiger partial charge < -0.3 is 4.74 Å². The largest absolute Gasteiger partial charge is 0.489 e. The molecule has 1 nitrogen and oxygen atoms in total. The predicted molar refractivity (Wildman–Crippen MR) is 74.1 cm³/mol. The maximum atomic E-state index is 6.13. The van der Waals surface area contributed by atoms with Crippen LogP contribution in [-0.4, -0.2) is 6.10 Å². The molecule has 0 amide bonds. The van der Waals surface area contributed by atoms with Crippen LogP contribution >= 0.6 is 39.1 Å². The third-order valence-corrected chi connectivity index (χ3v) is 3.35. The number of hydrogen-bond acceptors (Lipinski definition) is 1. The molecule has 0 radical (unpaired) electrons. The summed E-state index contributed by atoms with van der Waals surface area (Å²) in [5, 5.41) is 1.89. The predicted octanol–water partition coefficient (Wildman–Crippen LogP) is 5.46. The number of rotatable bonds is 5. The van der Waals surface area contributed by atoms with Crippen LogP contribution in [0.3, 0.4) is 0 Å². The van der Waals surface area contributed by atoms with E-state index in [9.17, 15) is 0 Å². The molecule has 0 bridgehead atoms. The van der Waals surface area contributed by atoms with E-state index in [4.69, 9.17) is 27.9 Å². The Hall–Kier alpha value is 0.0800. The second kappa shape index (κ2) is 6.73. The molecule has 0 aliphatic carbocycles. The van der Waals surface area contributed by atoms with Crippen LogP contribution in [0.1, 0.15) is 32.3 Å². The summed E-state index contributed by atoms with van der Waals surface area (Å²) < 4.78 is 5.84. The third kappa shape index (κ3) is 3.83. The van der Waals surface area contributed by atoms with E-state index >= 15 is 0 Å². The fourth-order valence-corrected chi connectivity index (χ4v) is 2.51. The maximum Gasteiger partial charge on any atom is 0.142 e. The third-order valence-electron chi connectivity index (χ3n) is 2.24. The molecule has 1 rings (SSSR count). The molecule has 0 N–H and O–H groups in total. The van der Waals surface area contributed by atoms with Crippen LogP contribution in [0.5, 0.6) is 5.75 Å². The van der Waals surface area contributed by atoms with Gasteiger partial charge in [0, 0.05) is 15.9 Å². The number of hydrogen-bond donors (Lipinski definition) is 0. The molecule has 1 atom stereocenters. The first-order valence-electron chi connectivity index (χ1n) is 5.29. The van der Waals surface area contributed by atoms with E-state index in [-0.39, 0.29) is 6.10 Å². The minimum Gasteiger partial charge on any atom is -0.489 e. The highest BCUT2D eigenvalue weighted by molar-refractivity contribution is 9.08. The second-order valence-electron chi connectivity index (χ2n) is 3.73. The lowest BCUT2D eigenvalue weighted by Crippen LogP contribution is -2.12. The van der Waals surface area contributed by atoms with Crippen molar-refractivity contribution < 1.29 is 4.74 Å². The summed E-state index contributed by atoms with van der Waals surface area (Å²) >= 11 is 15.5. The molecule has 0 saturated heterocycles. The van der Waals surface area contributed by atoms with Crippen LogP contribution in [0.15, 0.2) is 12.1 Å². The highest BCUT2D eigenvalue weighted by Crippen LogP contribution is 2.34. The monoisotopic (exact) mass is 324 g/mol. The SMILES string of the molecule is CCCC(C)Oc1c(Cl)cc(Cl)cc1CBr. The Morgan fingerprint density at radius 1 is 1.38 bits per heavy atom. The van der Waals surface area contributed by atoms with Gasteiger partial charge in [0.25, 0.3) is 0 Å². The summed E-state index contributed by atoms with van der Waals surface area (Å²) in [6, 6.07) is 3.58. The fraction of sp³-hybridized carbons (Fsp3) is 0.500. The van der Waals surface area contributed by atoms with Crippen LogP contribution < -0.4 is 4.74 Å². The summed E-state index contributed by atoms with van der Waals surface area (Å²) in [6.07, 6.45) is 2.28. The highest BCUT2D eigenvalue weighted by Gasteiger charge is 2.12. The minimum atomic E-state index is 0.168. The molecule has 1 aromatic carbocycles. The van der Waals surface area contributed by atoms with Gasteiger partial charge in [-0.3, -0.25) is 0 Å². The topological polar surface area (TPSA) is 9.23 Å². The van der Waals surface area contributed by atoms with Crippen LogP contribution in [0.25, 0.3) is 0 Å². The van der Waals surface area contributed by atoms with Crippen LogP contribution in [-0.2, 0) is 5.33 Å². The van der Waals surface area contributed by atoms with Gasteiger partial charge in [-0.15, -0.1) is 0 Å². The van der Waals surface area contributed by atoms with E-state index < -0.39 is 0 Å². The van der Waals surface area contributed by atoms with Gasteiger partial charge in [-0.05, 0) is 25.5 Å². The van der Waals surface area contributed by atoms with Crippen molar-refractivity contribution in [3.05, 3.63) is 27.7 Å². The Kier molecular flexibility index (Phi) is 5.95. The van der Waals surface area contributed by atoms with Gasteiger partial charge in [0.1, 0.15) is 5.75 Å². The second-order valence-corrected chi connectivity index (χ2v) is 5.13. The lowest BCUT2D eigenvalue weighted by atomic mass is 10.2. The number of ether oxygens (including phenoxy) is 1. The first-order valence-corrected chi connectivity index (χ1v) is 7.16. The zero-order valence-electron chi connectivity index (χ0n) is 9.40. The van der Waals surface area contributed by atoms with Crippen molar-refractivity contribution in [2.75, 3.05) is 0 Å². The van der Waals surface area contributed by atoms with E-state index in [2.05, 4.69) is 22.9 Å². The summed E-state index contributed by atoms with van der Waals surface area (Å²) in [4.78, 5) is 0. The van der Waals surface area contributed by atoms with Gasteiger partial charge in [0.05, 0.1) is 11.1 Å². The Morgan fingerprint density at radius 2 is 2.06 bits per heavy atom. The summed E-state index contributed by atoms with van der Waals surface area (Å²) in [5.41, 5.74) is 0.987. The molecular weight excluding hydrogens is 311 g/mol. The molecule has 1 unspecified atom stereocenters. The minimum absolute atomic E-state index is 0.168. The van der Waals surface area contributed by atoms with Gasteiger partial charge in [-0.2, -0.15) is 0 Å². The quantitative estimate of drug-likeness (QED) is 0.653. The molecule has 16 heavy (non-hydrogen) atoms. The number of halogens is 3. The smallest absolute Gasteiger partial charge is 0.142 e. The Balaban J connectivity index is 2.93. The molecule has 1 aromatic rings. The van der Waals surface area contributed by atoms with Crippen molar-refractivity contribution >= 4 is 39.1 Å². The lowest BCUT2D eigenvalue weighted by Gasteiger charge is -2.17. The van der Waals surface area contributed by atoms with E-state index in [1.807, 2.05) is 13.0 Å². The summed E-state index contributed by atoms with van der Waals surface area (Å²) in [7, 11) is 0. The Labute approximate surface area is 115 Å².